The summed E-state index contributed by atoms with van der Waals surface area (Å²) in [6.45, 7) is 12.3. The molecule has 0 saturated carbocycles. The molecule has 0 bridgehead atoms. The molecule has 1 heterocycles. The second-order valence-corrected chi connectivity index (χ2v) is 3.57. The van der Waals surface area contributed by atoms with Crippen molar-refractivity contribution in [2.75, 3.05) is 13.7 Å². The molecule has 0 aromatic heterocycles. The lowest BCUT2D eigenvalue weighted by molar-refractivity contribution is 0.274. The van der Waals surface area contributed by atoms with Gasteiger partial charge in [0.05, 0.1) is 24.9 Å². The third kappa shape index (κ3) is 3.06. The van der Waals surface area contributed by atoms with E-state index in [1.165, 1.54) is 0 Å². The maximum Gasteiger partial charge on any atom is 0.135 e. The fraction of sp³-hybridized carbons (Fsp3) is 0.385. The Bertz CT molecular complexity index is 393. The zero-order chi connectivity index (χ0) is 12.8. The van der Waals surface area contributed by atoms with Gasteiger partial charge in [-0.15, -0.1) is 0 Å². The highest BCUT2D eigenvalue weighted by Crippen LogP contribution is 2.21. The van der Waals surface area contributed by atoms with Crippen molar-refractivity contribution < 1.29 is 4.74 Å². The van der Waals surface area contributed by atoms with Crippen LogP contribution in [0.5, 0.6) is 0 Å². The molecule has 0 radical (unpaired) electrons. The average molecular weight is 233 g/mol. The fourth-order valence-corrected chi connectivity index (χ4v) is 1.50. The van der Waals surface area contributed by atoms with Gasteiger partial charge < -0.3 is 9.64 Å². The lowest BCUT2D eigenvalue weighted by Crippen LogP contribution is -2.34. The summed E-state index contributed by atoms with van der Waals surface area (Å²) in [5.74, 6) is 0.591. The molecule has 1 aliphatic heterocycles. The second kappa shape index (κ2) is 6.03. The minimum absolute atomic E-state index is 0.0369. The summed E-state index contributed by atoms with van der Waals surface area (Å²) in [7, 11) is 1.60. The molecule has 1 atom stereocenters. The molecule has 0 aliphatic carbocycles. The van der Waals surface area contributed by atoms with Gasteiger partial charge in [0, 0.05) is 6.54 Å². The van der Waals surface area contributed by atoms with Crippen molar-refractivity contribution >= 4 is 12.1 Å². The molecule has 92 valence electrons. The van der Waals surface area contributed by atoms with Crippen LogP contribution in [-0.2, 0) is 4.74 Å². The van der Waals surface area contributed by atoms with Crippen molar-refractivity contribution in [2.24, 2.45) is 9.98 Å². The van der Waals surface area contributed by atoms with E-state index in [1.54, 1.807) is 19.5 Å². The fourth-order valence-electron chi connectivity index (χ4n) is 1.50. The van der Waals surface area contributed by atoms with Gasteiger partial charge in [-0.25, -0.2) is 0 Å². The summed E-state index contributed by atoms with van der Waals surface area (Å²) in [6.07, 6.45) is 5.34. The van der Waals surface area contributed by atoms with Crippen molar-refractivity contribution in [1.82, 2.24) is 4.90 Å². The Balaban J connectivity index is 3.08. The highest BCUT2D eigenvalue weighted by molar-refractivity contribution is 6.05. The van der Waals surface area contributed by atoms with Crippen molar-refractivity contribution in [3.63, 3.8) is 0 Å². The van der Waals surface area contributed by atoms with Gasteiger partial charge in [0.2, 0.25) is 0 Å². The Labute approximate surface area is 103 Å². The van der Waals surface area contributed by atoms with Crippen LogP contribution in [0.2, 0.25) is 0 Å². The third-order valence-electron chi connectivity index (χ3n) is 2.43. The maximum atomic E-state index is 5.19. The summed E-state index contributed by atoms with van der Waals surface area (Å²) in [5, 5.41) is 0. The van der Waals surface area contributed by atoms with E-state index in [2.05, 4.69) is 23.1 Å². The molecule has 0 saturated heterocycles. The van der Waals surface area contributed by atoms with Crippen molar-refractivity contribution in [3.05, 3.63) is 36.8 Å². The first-order valence-electron chi connectivity index (χ1n) is 5.57. The van der Waals surface area contributed by atoms with Crippen LogP contribution >= 0.6 is 0 Å². The van der Waals surface area contributed by atoms with Crippen LogP contribution in [0.25, 0.3) is 0 Å². The summed E-state index contributed by atoms with van der Waals surface area (Å²) in [4.78, 5) is 10.6. The first-order valence-corrected chi connectivity index (χ1v) is 5.57. The molecule has 4 nitrogen and oxygen atoms in total. The maximum absolute atomic E-state index is 5.19. The lowest BCUT2D eigenvalue weighted by atomic mass is 10.2. The zero-order valence-electron chi connectivity index (χ0n) is 10.7. The van der Waals surface area contributed by atoms with Gasteiger partial charge in [-0.1, -0.05) is 13.2 Å². The van der Waals surface area contributed by atoms with Crippen molar-refractivity contribution in [1.29, 1.82) is 0 Å². The largest absolute Gasteiger partial charge is 0.495 e. The van der Waals surface area contributed by atoms with E-state index in [0.29, 0.717) is 5.76 Å². The molecule has 0 fully saturated rings. The monoisotopic (exact) mass is 233 g/mol. The number of allylic oxidation sites excluding steroid dienone is 2. The lowest BCUT2D eigenvalue weighted by Gasteiger charge is -2.30. The number of nitrogens with zero attached hydrogens (tertiary/aromatic N) is 3. The predicted octanol–water partition coefficient (Wildman–Crippen LogP) is 2.37. The Morgan fingerprint density at radius 2 is 2.41 bits per heavy atom. The van der Waals surface area contributed by atoms with E-state index in [0.717, 1.165) is 18.0 Å². The number of aliphatic imine (C=N–C) groups is 2. The molecular weight excluding hydrogens is 214 g/mol. The van der Waals surface area contributed by atoms with Crippen molar-refractivity contribution in [2.45, 2.75) is 20.0 Å². The molecule has 1 aliphatic rings. The van der Waals surface area contributed by atoms with E-state index < -0.39 is 0 Å². The molecule has 0 aromatic rings. The topological polar surface area (TPSA) is 37.2 Å². The van der Waals surface area contributed by atoms with Gasteiger partial charge in [0.15, 0.2) is 0 Å². The number of rotatable bonds is 5. The van der Waals surface area contributed by atoms with E-state index in [4.69, 9.17) is 4.74 Å². The molecule has 0 aromatic carbocycles. The first kappa shape index (κ1) is 13.2. The normalized spacial score (nSPS) is 19.9. The number of hydrogen-bond donors (Lipinski definition) is 0. The van der Waals surface area contributed by atoms with E-state index in [-0.39, 0.29) is 6.17 Å². The summed E-state index contributed by atoms with van der Waals surface area (Å²) < 4.78 is 5.19. The van der Waals surface area contributed by atoms with Gasteiger partial charge in [0.1, 0.15) is 11.9 Å². The van der Waals surface area contributed by atoms with Crippen LogP contribution in [0.15, 0.2) is 46.8 Å². The Morgan fingerprint density at radius 3 is 2.94 bits per heavy atom. The van der Waals surface area contributed by atoms with Crippen LogP contribution in [0, 0.1) is 0 Å². The summed E-state index contributed by atoms with van der Waals surface area (Å²) >= 11 is 0. The smallest absolute Gasteiger partial charge is 0.135 e. The molecule has 1 unspecified atom stereocenters. The summed E-state index contributed by atoms with van der Waals surface area (Å²) in [6, 6.07) is 0. The standard InChI is InChI=1S/C13H19N3O/c1-6-12-8-13(10(3)17-5)16(9-14-7-2)11(4)15-12/h6,8-9,11H,1,3,7H2,2,4-5H3. The first-order chi connectivity index (χ1) is 8.13. The third-order valence-corrected chi connectivity index (χ3v) is 2.43. The Kier molecular flexibility index (Phi) is 4.69. The number of methoxy groups -OCH3 is 1. The van der Waals surface area contributed by atoms with Crippen molar-refractivity contribution in [3.8, 4) is 0 Å². The Hall–Kier alpha value is -1.84. The van der Waals surface area contributed by atoms with Crippen LogP contribution in [0.3, 0.4) is 0 Å². The minimum atomic E-state index is -0.0369. The van der Waals surface area contributed by atoms with Gasteiger partial charge in [-0.2, -0.15) is 0 Å². The second-order valence-electron chi connectivity index (χ2n) is 3.57. The number of hydrogen-bond acceptors (Lipinski definition) is 3. The van der Waals surface area contributed by atoms with E-state index >= 15 is 0 Å². The SMILES string of the molecule is C=CC1=NC(C)N(C=NCC)C(C(=C)OC)=C1. The molecule has 0 N–H and O–H groups in total. The minimum Gasteiger partial charge on any atom is -0.495 e. The molecule has 0 spiro atoms. The number of ether oxygens (including phenoxy) is 1. The molecule has 0 amide bonds. The van der Waals surface area contributed by atoms with Gasteiger partial charge in [0.25, 0.3) is 0 Å². The predicted molar refractivity (Wildman–Crippen MR) is 72.2 cm³/mol. The molecule has 17 heavy (non-hydrogen) atoms. The molecule has 1 rings (SSSR count). The van der Waals surface area contributed by atoms with Gasteiger partial charge in [-0.3, -0.25) is 9.98 Å². The quantitative estimate of drug-likeness (QED) is 0.415. The molecular formula is C13H19N3O. The van der Waals surface area contributed by atoms with Gasteiger partial charge in [-0.05, 0) is 26.0 Å². The van der Waals surface area contributed by atoms with E-state index in [1.807, 2.05) is 24.8 Å². The van der Waals surface area contributed by atoms with Crippen LogP contribution in [0.1, 0.15) is 13.8 Å². The van der Waals surface area contributed by atoms with Crippen LogP contribution in [0.4, 0.5) is 0 Å². The highest BCUT2D eigenvalue weighted by Gasteiger charge is 2.21. The van der Waals surface area contributed by atoms with Crippen LogP contribution in [-0.4, -0.2) is 36.8 Å². The highest BCUT2D eigenvalue weighted by atomic mass is 16.5. The van der Waals surface area contributed by atoms with Crippen LogP contribution < -0.4 is 0 Å². The Morgan fingerprint density at radius 1 is 1.71 bits per heavy atom. The summed E-state index contributed by atoms with van der Waals surface area (Å²) in [5.41, 5.74) is 1.69. The molecule has 4 heteroatoms. The van der Waals surface area contributed by atoms with E-state index in [9.17, 15) is 0 Å². The zero-order valence-corrected chi connectivity index (χ0v) is 10.7. The average Bonchev–Trinajstić information content (AvgIpc) is 2.35. The van der Waals surface area contributed by atoms with Gasteiger partial charge >= 0.3 is 0 Å².